The van der Waals surface area contributed by atoms with Gasteiger partial charge in [0.15, 0.2) is 5.69 Å². The highest BCUT2D eigenvalue weighted by molar-refractivity contribution is 6.34. The number of carbonyl (C=O) groups excluding carboxylic acids is 2. The van der Waals surface area contributed by atoms with E-state index in [0.717, 1.165) is 0 Å². The summed E-state index contributed by atoms with van der Waals surface area (Å²) in [6.45, 7) is 5.34. The molecule has 2 amide bonds. The summed E-state index contributed by atoms with van der Waals surface area (Å²) in [6, 6.07) is 10.6. The summed E-state index contributed by atoms with van der Waals surface area (Å²) in [4.78, 5) is 34.5. The van der Waals surface area contributed by atoms with Gasteiger partial charge in [0.1, 0.15) is 18.1 Å². The largest absolute Gasteiger partial charge is 0.496 e. The highest BCUT2D eigenvalue weighted by atomic mass is 35.5. The molecule has 1 saturated heterocycles. The molecular weight excluding hydrogens is 605 g/mol. The fourth-order valence-electron chi connectivity index (χ4n) is 5.62. The third-order valence-electron chi connectivity index (χ3n) is 7.80. The molecule has 0 radical (unpaired) electrons. The average Bonchev–Trinajstić information content (AvgIpc) is 3.39. The number of ether oxygens (including phenoxy) is 3. The predicted octanol–water partition coefficient (Wildman–Crippen LogP) is 5.76. The number of methoxy groups -OCH3 is 1. The molecule has 12 heteroatoms. The standard InChI is InChI=1S/C32H31Cl2N5O5/c1-32(2)17-43-7-6-38(32)31(41)28-25-16-44-27-13-26(42-5)23(18-8-19(15-35-14-18)30(40)37(3)4)12-24(27)29(25)39(36-28)22-10-20(33)9-21(34)11-22/h8-15H,6-7,16-17H2,1-5H3. The maximum Gasteiger partial charge on any atom is 0.275 e. The molecule has 0 unspecified atom stereocenters. The van der Waals surface area contributed by atoms with E-state index in [1.807, 2.05) is 19.9 Å². The van der Waals surface area contributed by atoms with Crippen molar-refractivity contribution in [1.29, 1.82) is 0 Å². The number of hydrogen-bond acceptors (Lipinski definition) is 7. The monoisotopic (exact) mass is 635 g/mol. The summed E-state index contributed by atoms with van der Waals surface area (Å²) in [7, 11) is 4.95. The number of pyridine rings is 1. The van der Waals surface area contributed by atoms with Crippen LogP contribution in [0.5, 0.6) is 11.5 Å². The van der Waals surface area contributed by atoms with Crippen molar-refractivity contribution in [2.75, 3.05) is 41.0 Å². The first kappa shape index (κ1) is 29.9. The van der Waals surface area contributed by atoms with Crippen molar-refractivity contribution in [1.82, 2.24) is 24.6 Å². The van der Waals surface area contributed by atoms with Crippen molar-refractivity contribution in [2.45, 2.75) is 26.0 Å². The van der Waals surface area contributed by atoms with E-state index in [1.165, 1.54) is 11.1 Å². The second-order valence-corrected chi connectivity index (χ2v) is 12.4. The van der Waals surface area contributed by atoms with Crippen LogP contribution in [0.3, 0.4) is 0 Å². The minimum absolute atomic E-state index is 0.110. The molecule has 2 aromatic heterocycles. The van der Waals surface area contributed by atoms with Gasteiger partial charge < -0.3 is 24.0 Å². The fourth-order valence-corrected chi connectivity index (χ4v) is 6.13. The molecular formula is C32H31Cl2N5O5. The predicted molar refractivity (Wildman–Crippen MR) is 167 cm³/mol. The first-order valence-electron chi connectivity index (χ1n) is 14.0. The lowest BCUT2D eigenvalue weighted by molar-refractivity contribution is -0.0374. The van der Waals surface area contributed by atoms with E-state index in [2.05, 4.69) is 4.98 Å². The molecule has 0 aliphatic carbocycles. The molecule has 2 aliphatic heterocycles. The van der Waals surface area contributed by atoms with E-state index >= 15 is 0 Å². The van der Waals surface area contributed by atoms with Gasteiger partial charge in [0, 0.05) is 71.4 Å². The van der Waals surface area contributed by atoms with E-state index in [-0.39, 0.29) is 24.1 Å². The van der Waals surface area contributed by atoms with Gasteiger partial charge in [-0.1, -0.05) is 23.2 Å². The molecule has 0 bridgehead atoms. The number of amides is 2. The van der Waals surface area contributed by atoms with E-state index < -0.39 is 5.54 Å². The second-order valence-electron chi connectivity index (χ2n) is 11.5. The SMILES string of the molecule is COc1cc2c(cc1-c1cncc(C(=O)N(C)C)c1)-c1c(c(C(=O)N3CCOCC3(C)C)nn1-c1cc(Cl)cc(Cl)c1)CO2. The minimum Gasteiger partial charge on any atom is -0.496 e. The molecule has 2 aromatic carbocycles. The zero-order chi connectivity index (χ0) is 31.3. The Morgan fingerprint density at radius 2 is 1.77 bits per heavy atom. The number of rotatable bonds is 5. The Hall–Kier alpha value is -4.12. The molecule has 0 N–H and O–H groups in total. The van der Waals surface area contributed by atoms with Crippen molar-refractivity contribution >= 4 is 35.0 Å². The van der Waals surface area contributed by atoms with Gasteiger partial charge in [0.25, 0.3) is 11.8 Å². The van der Waals surface area contributed by atoms with Gasteiger partial charge >= 0.3 is 0 Å². The smallest absolute Gasteiger partial charge is 0.275 e. The van der Waals surface area contributed by atoms with Crippen LogP contribution in [-0.4, -0.2) is 82.9 Å². The molecule has 0 spiro atoms. The van der Waals surface area contributed by atoms with Gasteiger partial charge in [0.05, 0.1) is 42.8 Å². The van der Waals surface area contributed by atoms with Crippen LogP contribution in [-0.2, 0) is 11.3 Å². The average molecular weight is 637 g/mol. The third kappa shape index (κ3) is 5.27. The van der Waals surface area contributed by atoms with Crippen LogP contribution < -0.4 is 9.47 Å². The summed E-state index contributed by atoms with van der Waals surface area (Å²) < 4.78 is 19.4. The minimum atomic E-state index is -0.526. The van der Waals surface area contributed by atoms with Crippen LogP contribution in [0.2, 0.25) is 10.0 Å². The Labute approximate surface area is 265 Å². The summed E-state index contributed by atoms with van der Waals surface area (Å²) in [5.41, 5.74) is 4.10. The zero-order valence-electron chi connectivity index (χ0n) is 25.0. The molecule has 4 aromatic rings. The summed E-state index contributed by atoms with van der Waals surface area (Å²) >= 11 is 12.9. The normalized spacial score (nSPS) is 15.2. The Bertz CT molecular complexity index is 1780. The highest BCUT2D eigenvalue weighted by Gasteiger charge is 2.39. The first-order chi connectivity index (χ1) is 21.0. The number of nitrogens with zero attached hydrogens (tertiary/aromatic N) is 5. The highest BCUT2D eigenvalue weighted by Crippen LogP contribution is 2.46. The molecule has 2 aliphatic rings. The molecule has 0 saturated carbocycles. The summed E-state index contributed by atoms with van der Waals surface area (Å²) in [5, 5.41) is 5.73. The van der Waals surface area contributed by atoms with Gasteiger partial charge in [-0.3, -0.25) is 14.6 Å². The van der Waals surface area contributed by atoms with Gasteiger partial charge in [0.2, 0.25) is 0 Å². The zero-order valence-corrected chi connectivity index (χ0v) is 26.5. The second kappa shape index (κ2) is 11.4. The lowest BCUT2D eigenvalue weighted by Gasteiger charge is -2.41. The van der Waals surface area contributed by atoms with Gasteiger partial charge in [-0.2, -0.15) is 5.10 Å². The van der Waals surface area contributed by atoms with Crippen molar-refractivity contribution in [3.8, 4) is 39.6 Å². The molecule has 0 atom stereocenters. The number of benzene rings is 2. The van der Waals surface area contributed by atoms with Crippen molar-refractivity contribution in [3.05, 3.63) is 75.7 Å². The molecule has 1 fully saturated rings. The summed E-state index contributed by atoms with van der Waals surface area (Å²) in [6.07, 6.45) is 3.20. The number of carbonyl (C=O) groups is 2. The fraction of sp³-hybridized carbons (Fsp3) is 0.312. The lowest BCUT2D eigenvalue weighted by Crippen LogP contribution is -2.55. The first-order valence-corrected chi connectivity index (χ1v) is 14.7. The number of hydrogen-bond donors (Lipinski definition) is 0. The van der Waals surface area contributed by atoms with Crippen molar-refractivity contribution in [2.24, 2.45) is 0 Å². The topological polar surface area (TPSA) is 99.0 Å². The number of halogens is 2. The van der Waals surface area contributed by atoms with Crippen LogP contribution >= 0.6 is 23.2 Å². The Kier molecular flexibility index (Phi) is 7.77. The van der Waals surface area contributed by atoms with Crippen LogP contribution in [0, 0.1) is 0 Å². The van der Waals surface area contributed by atoms with E-state index in [9.17, 15) is 9.59 Å². The maximum atomic E-state index is 14.1. The number of aromatic nitrogens is 3. The molecule has 10 nitrogen and oxygen atoms in total. The molecule has 228 valence electrons. The molecule has 44 heavy (non-hydrogen) atoms. The summed E-state index contributed by atoms with van der Waals surface area (Å²) in [5.74, 6) is 0.687. The van der Waals surface area contributed by atoms with Crippen molar-refractivity contribution < 1.29 is 23.8 Å². The molecule has 4 heterocycles. The lowest BCUT2D eigenvalue weighted by atomic mass is 9.95. The maximum absolute atomic E-state index is 14.1. The van der Waals surface area contributed by atoms with Crippen molar-refractivity contribution in [3.63, 3.8) is 0 Å². The number of morpholine rings is 1. The Morgan fingerprint density at radius 1 is 1.02 bits per heavy atom. The van der Waals surface area contributed by atoms with E-state index in [0.29, 0.717) is 80.5 Å². The van der Waals surface area contributed by atoms with Crippen LogP contribution in [0.4, 0.5) is 0 Å². The van der Waals surface area contributed by atoms with E-state index in [4.69, 9.17) is 42.5 Å². The van der Waals surface area contributed by atoms with Gasteiger partial charge in [-0.05, 0) is 44.2 Å². The Morgan fingerprint density at radius 3 is 2.45 bits per heavy atom. The van der Waals surface area contributed by atoms with Gasteiger partial charge in [-0.25, -0.2) is 4.68 Å². The van der Waals surface area contributed by atoms with Crippen LogP contribution in [0.1, 0.15) is 40.3 Å². The Balaban J connectivity index is 1.57. The number of fused-ring (bicyclic) bond motifs is 3. The van der Waals surface area contributed by atoms with Crippen LogP contribution in [0.25, 0.3) is 28.1 Å². The van der Waals surface area contributed by atoms with Gasteiger partial charge in [-0.15, -0.1) is 0 Å². The molecule has 6 rings (SSSR count). The third-order valence-corrected chi connectivity index (χ3v) is 8.24. The quantitative estimate of drug-likeness (QED) is 0.275. The van der Waals surface area contributed by atoms with E-state index in [1.54, 1.807) is 67.3 Å². The van der Waals surface area contributed by atoms with Crippen LogP contribution in [0.15, 0.2) is 48.8 Å².